The third kappa shape index (κ3) is 6.14. The number of guanidine groups is 1. The topological polar surface area (TPSA) is 46.1 Å². The minimum absolute atomic E-state index is 0.701. The van der Waals surface area contributed by atoms with Gasteiger partial charge in [0, 0.05) is 19.3 Å². The van der Waals surface area contributed by atoms with Gasteiger partial charge in [-0.2, -0.15) is 0 Å². The largest absolute Gasteiger partial charge is 0.497 e. The quantitative estimate of drug-likeness (QED) is 0.422. The lowest BCUT2D eigenvalue weighted by molar-refractivity contribution is 0.415. The van der Waals surface area contributed by atoms with E-state index in [1.165, 1.54) is 5.56 Å². The minimum Gasteiger partial charge on any atom is -0.497 e. The van der Waals surface area contributed by atoms with E-state index < -0.39 is 0 Å². The molecule has 30 heavy (non-hydrogen) atoms. The Bertz CT molecular complexity index is 966. The molecule has 3 aromatic carbocycles. The van der Waals surface area contributed by atoms with E-state index in [0.717, 1.165) is 28.8 Å². The van der Waals surface area contributed by atoms with Crippen molar-refractivity contribution < 1.29 is 9.47 Å². The van der Waals surface area contributed by atoms with Crippen molar-refractivity contribution in [2.75, 3.05) is 33.1 Å². The second kappa shape index (κ2) is 10.7. The van der Waals surface area contributed by atoms with Gasteiger partial charge < -0.3 is 19.7 Å². The summed E-state index contributed by atoms with van der Waals surface area (Å²) in [6.07, 6.45) is 4.23. The van der Waals surface area contributed by atoms with E-state index in [4.69, 9.17) is 14.5 Å². The Kier molecular flexibility index (Phi) is 7.50. The van der Waals surface area contributed by atoms with Gasteiger partial charge in [-0.05, 0) is 54.1 Å². The summed E-state index contributed by atoms with van der Waals surface area (Å²) in [5.41, 5.74) is 2.94. The Balaban J connectivity index is 1.79. The Morgan fingerprint density at radius 1 is 0.867 bits per heavy atom. The summed E-state index contributed by atoms with van der Waals surface area (Å²) in [5, 5.41) is 3.41. The van der Waals surface area contributed by atoms with E-state index in [-0.39, 0.29) is 0 Å². The van der Waals surface area contributed by atoms with Gasteiger partial charge in [-0.25, -0.2) is 4.99 Å². The molecule has 0 saturated heterocycles. The number of ether oxygens (including phenoxy) is 2. The van der Waals surface area contributed by atoms with Crippen molar-refractivity contribution in [2.24, 2.45) is 4.99 Å². The normalized spacial score (nSPS) is 11.4. The number of benzene rings is 3. The molecular formula is C25H27N3O2. The van der Waals surface area contributed by atoms with Gasteiger partial charge in [0.05, 0.1) is 19.9 Å². The van der Waals surface area contributed by atoms with E-state index in [9.17, 15) is 0 Å². The van der Waals surface area contributed by atoms with Crippen molar-refractivity contribution in [3.05, 3.63) is 90.5 Å². The van der Waals surface area contributed by atoms with Gasteiger partial charge in [0.2, 0.25) is 5.96 Å². The van der Waals surface area contributed by atoms with Gasteiger partial charge in [0.15, 0.2) is 0 Å². The number of likely N-dealkylation sites (N-methyl/N-ethyl adjacent to an activating group) is 1. The van der Waals surface area contributed by atoms with Crippen molar-refractivity contribution in [3.63, 3.8) is 0 Å². The SMILES string of the molecule is COc1ccc(N=C(Nc2ccc(OC)cc2)N(C)C/C=C/c2ccccc2)cc1. The highest BCUT2D eigenvalue weighted by molar-refractivity contribution is 5.95. The molecule has 3 rings (SSSR count). The molecule has 0 spiro atoms. The predicted molar refractivity (Wildman–Crippen MR) is 125 cm³/mol. The summed E-state index contributed by atoms with van der Waals surface area (Å²) in [6.45, 7) is 0.701. The summed E-state index contributed by atoms with van der Waals surface area (Å²) in [5.74, 6) is 2.36. The van der Waals surface area contributed by atoms with E-state index in [2.05, 4.69) is 34.5 Å². The lowest BCUT2D eigenvalue weighted by Gasteiger charge is -2.21. The van der Waals surface area contributed by atoms with Crippen molar-refractivity contribution in [3.8, 4) is 11.5 Å². The molecule has 0 saturated carbocycles. The number of hydrogen-bond acceptors (Lipinski definition) is 3. The van der Waals surface area contributed by atoms with Crippen LogP contribution in [0.4, 0.5) is 11.4 Å². The van der Waals surface area contributed by atoms with Gasteiger partial charge in [0.25, 0.3) is 0 Å². The first-order valence-corrected chi connectivity index (χ1v) is 9.74. The van der Waals surface area contributed by atoms with Crippen LogP contribution in [0.1, 0.15) is 5.56 Å². The monoisotopic (exact) mass is 401 g/mol. The van der Waals surface area contributed by atoms with Gasteiger partial charge in [-0.15, -0.1) is 0 Å². The molecule has 0 bridgehead atoms. The molecule has 0 heterocycles. The first-order chi connectivity index (χ1) is 14.7. The van der Waals surface area contributed by atoms with Crippen LogP contribution in [-0.2, 0) is 0 Å². The van der Waals surface area contributed by atoms with E-state index in [0.29, 0.717) is 6.54 Å². The second-order valence-corrected chi connectivity index (χ2v) is 6.68. The lowest BCUT2D eigenvalue weighted by atomic mass is 10.2. The molecule has 0 aliphatic heterocycles. The Morgan fingerprint density at radius 2 is 1.47 bits per heavy atom. The van der Waals surface area contributed by atoms with Gasteiger partial charge in [0.1, 0.15) is 11.5 Å². The molecule has 3 aromatic rings. The summed E-state index contributed by atoms with van der Waals surface area (Å²) in [4.78, 5) is 6.87. The van der Waals surface area contributed by atoms with Gasteiger partial charge >= 0.3 is 0 Å². The predicted octanol–water partition coefficient (Wildman–Crippen LogP) is 5.45. The van der Waals surface area contributed by atoms with Gasteiger partial charge in [-0.3, -0.25) is 0 Å². The second-order valence-electron chi connectivity index (χ2n) is 6.68. The number of nitrogens with one attached hydrogen (secondary N) is 1. The van der Waals surface area contributed by atoms with Crippen LogP contribution in [0, 0.1) is 0 Å². The summed E-state index contributed by atoms with van der Waals surface area (Å²) in [7, 11) is 5.32. The number of hydrogen-bond donors (Lipinski definition) is 1. The standard InChI is InChI=1S/C25H27N3O2/c1-28(19-7-10-20-8-5-4-6-9-20)25(26-21-11-15-23(29-2)16-12-21)27-22-13-17-24(30-3)18-14-22/h4-18H,19H2,1-3H3,(H,26,27)/b10-7+. The fraction of sp³-hybridized carbons (Fsp3) is 0.160. The highest BCUT2D eigenvalue weighted by atomic mass is 16.5. The number of rotatable bonds is 7. The van der Waals surface area contributed by atoms with Gasteiger partial charge in [-0.1, -0.05) is 42.5 Å². The summed E-state index contributed by atoms with van der Waals surface area (Å²) in [6, 6.07) is 25.7. The lowest BCUT2D eigenvalue weighted by Crippen LogP contribution is -2.33. The van der Waals surface area contributed by atoms with Crippen molar-refractivity contribution in [1.29, 1.82) is 0 Å². The molecule has 0 amide bonds. The molecule has 0 fully saturated rings. The van der Waals surface area contributed by atoms with Crippen LogP contribution in [0.25, 0.3) is 6.08 Å². The minimum atomic E-state index is 0.701. The molecular weight excluding hydrogens is 374 g/mol. The van der Waals surface area contributed by atoms with Crippen molar-refractivity contribution >= 4 is 23.4 Å². The van der Waals surface area contributed by atoms with Crippen molar-refractivity contribution in [1.82, 2.24) is 4.90 Å². The molecule has 5 heteroatoms. The van der Waals surface area contributed by atoms with E-state index >= 15 is 0 Å². The molecule has 0 radical (unpaired) electrons. The highest BCUT2D eigenvalue weighted by Gasteiger charge is 2.07. The average molecular weight is 402 g/mol. The third-order valence-corrected chi connectivity index (χ3v) is 4.50. The molecule has 0 aromatic heterocycles. The van der Waals surface area contributed by atoms with Crippen LogP contribution < -0.4 is 14.8 Å². The molecule has 0 atom stereocenters. The molecule has 5 nitrogen and oxygen atoms in total. The third-order valence-electron chi connectivity index (χ3n) is 4.50. The maximum Gasteiger partial charge on any atom is 0.203 e. The summed E-state index contributed by atoms with van der Waals surface area (Å²) < 4.78 is 10.5. The molecule has 0 aliphatic carbocycles. The van der Waals surface area contributed by atoms with Crippen molar-refractivity contribution in [2.45, 2.75) is 0 Å². The number of anilines is 1. The Morgan fingerprint density at radius 3 is 2.07 bits per heavy atom. The Hall–Kier alpha value is -3.73. The first-order valence-electron chi connectivity index (χ1n) is 9.74. The number of aliphatic imine (C=N–C) groups is 1. The van der Waals surface area contributed by atoms with Crippen LogP contribution in [-0.4, -0.2) is 38.7 Å². The zero-order valence-corrected chi connectivity index (χ0v) is 17.6. The zero-order chi connectivity index (χ0) is 21.2. The molecule has 0 aliphatic rings. The van der Waals surface area contributed by atoms with Crippen LogP contribution in [0.3, 0.4) is 0 Å². The maximum atomic E-state index is 5.24. The van der Waals surface area contributed by atoms with E-state index in [1.54, 1.807) is 14.2 Å². The van der Waals surface area contributed by atoms with Crippen LogP contribution >= 0.6 is 0 Å². The highest BCUT2D eigenvalue weighted by Crippen LogP contribution is 2.20. The molecule has 154 valence electrons. The fourth-order valence-electron chi connectivity index (χ4n) is 2.79. The smallest absolute Gasteiger partial charge is 0.203 e. The fourth-order valence-corrected chi connectivity index (χ4v) is 2.79. The Labute approximate surface area is 178 Å². The summed E-state index contributed by atoms with van der Waals surface area (Å²) >= 11 is 0. The molecule has 1 N–H and O–H groups in total. The van der Waals surface area contributed by atoms with Crippen LogP contribution in [0.5, 0.6) is 11.5 Å². The van der Waals surface area contributed by atoms with E-state index in [1.807, 2.05) is 73.8 Å². The first kappa shape index (κ1) is 21.0. The molecule has 0 unspecified atom stereocenters. The van der Waals surface area contributed by atoms with Crippen LogP contribution in [0.2, 0.25) is 0 Å². The zero-order valence-electron chi connectivity index (χ0n) is 17.6. The van der Waals surface area contributed by atoms with Crippen LogP contribution in [0.15, 0.2) is 89.9 Å². The average Bonchev–Trinajstić information content (AvgIpc) is 2.80. The maximum absolute atomic E-state index is 5.24. The number of methoxy groups -OCH3 is 2. The number of nitrogens with zero attached hydrogens (tertiary/aromatic N) is 2.